The number of anilines is 2. The van der Waals surface area contributed by atoms with E-state index in [0.29, 0.717) is 5.89 Å². The minimum absolute atomic E-state index is 0.713. The molecule has 1 aliphatic rings. The van der Waals surface area contributed by atoms with Crippen molar-refractivity contribution >= 4 is 33.2 Å². The molecule has 1 fully saturated rings. The Morgan fingerprint density at radius 2 is 1.73 bits per heavy atom. The van der Waals surface area contributed by atoms with Gasteiger partial charge in [0.25, 0.3) is 0 Å². The lowest BCUT2D eigenvalue weighted by Crippen LogP contribution is -2.46. The molecular formula is C21H20N4O. The smallest absolute Gasteiger partial charge is 0.192 e. The predicted octanol–water partition coefficient (Wildman–Crippen LogP) is 4.01. The maximum atomic E-state index is 5.58. The van der Waals surface area contributed by atoms with Crippen LogP contribution in [0.15, 0.2) is 59.3 Å². The third-order valence-electron chi connectivity index (χ3n) is 5.11. The number of fused-ring (bicyclic) bond motifs is 2. The summed E-state index contributed by atoms with van der Waals surface area (Å²) in [5.74, 6) is 0.713. The van der Waals surface area contributed by atoms with Crippen LogP contribution in [0.2, 0.25) is 0 Å². The third kappa shape index (κ3) is 2.56. The average Bonchev–Trinajstić information content (AvgIpc) is 3.07. The van der Waals surface area contributed by atoms with E-state index in [4.69, 9.17) is 4.42 Å². The predicted molar refractivity (Wildman–Crippen MR) is 105 cm³/mol. The number of aryl methyl sites for hydroxylation is 1. The molecule has 1 aliphatic heterocycles. The summed E-state index contributed by atoms with van der Waals surface area (Å²) in [4.78, 5) is 13.7. The second-order valence-corrected chi connectivity index (χ2v) is 6.74. The van der Waals surface area contributed by atoms with E-state index in [2.05, 4.69) is 56.2 Å². The van der Waals surface area contributed by atoms with Crippen molar-refractivity contribution in [2.24, 2.45) is 0 Å². The van der Waals surface area contributed by atoms with Crippen LogP contribution in [0.1, 0.15) is 5.89 Å². The second kappa shape index (κ2) is 6.02. The number of hydrogen-bond donors (Lipinski definition) is 0. The van der Waals surface area contributed by atoms with Crippen LogP contribution in [0.3, 0.4) is 0 Å². The number of oxazole rings is 1. The molecule has 0 aliphatic carbocycles. The molecule has 4 aromatic rings. The molecule has 0 unspecified atom stereocenters. The summed E-state index contributed by atoms with van der Waals surface area (Å²) in [5.41, 5.74) is 4.22. The summed E-state index contributed by atoms with van der Waals surface area (Å²) in [6.45, 7) is 5.80. The van der Waals surface area contributed by atoms with Crippen molar-refractivity contribution in [3.8, 4) is 0 Å². The number of piperazine rings is 1. The summed E-state index contributed by atoms with van der Waals surface area (Å²) < 4.78 is 5.58. The van der Waals surface area contributed by atoms with E-state index in [9.17, 15) is 0 Å². The molecule has 2 aromatic heterocycles. The molecular weight excluding hydrogens is 324 g/mol. The standard InChI is InChI=1S/C21H20N4O/c1-15-23-19-12-17(6-7-21(19)26-15)24-8-10-25(11-9-24)20-14-22-13-16-4-2-3-5-18(16)20/h2-7,12-14H,8-11H2,1H3. The van der Waals surface area contributed by atoms with Gasteiger partial charge in [-0.15, -0.1) is 0 Å². The van der Waals surface area contributed by atoms with E-state index in [1.165, 1.54) is 22.1 Å². The maximum Gasteiger partial charge on any atom is 0.192 e. The van der Waals surface area contributed by atoms with Crippen LogP contribution in [-0.2, 0) is 0 Å². The van der Waals surface area contributed by atoms with Crippen molar-refractivity contribution in [2.45, 2.75) is 6.92 Å². The van der Waals surface area contributed by atoms with Crippen LogP contribution in [0, 0.1) is 6.92 Å². The summed E-state index contributed by atoms with van der Waals surface area (Å²) in [6.07, 6.45) is 3.92. The first-order valence-corrected chi connectivity index (χ1v) is 8.98. The van der Waals surface area contributed by atoms with Crippen molar-refractivity contribution in [3.05, 3.63) is 60.7 Å². The Bertz CT molecular complexity index is 1070. The van der Waals surface area contributed by atoms with Crippen LogP contribution >= 0.6 is 0 Å². The van der Waals surface area contributed by atoms with Crippen molar-refractivity contribution in [3.63, 3.8) is 0 Å². The molecule has 0 amide bonds. The van der Waals surface area contributed by atoms with Gasteiger partial charge in [0, 0.05) is 55.8 Å². The zero-order valence-electron chi connectivity index (χ0n) is 14.7. The first kappa shape index (κ1) is 15.2. The van der Waals surface area contributed by atoms with E-state index in [1.807, 2.05) is 25.4 Å². The van der Waals surface area contributed by atoms with E-state index in [0.717, 1.165) is 37.3 Å². The molecule has 0 spiro atoms. The molecule has 26 heavy (non-hydrogen) atoms. The normalized spacial score (nSPS) is 15.1. The summed E-state index contributed by atoms with van der Waals surface area (Å²) in [6, 6.07) is 14.7. The first-order chi connectivity index (χ1) is 12.8. The SMILES string of the molecule is Cc1nc2cc(N3CCN(c4cncc5ccccc45)CC3)ccc2o1. The Balaban J connectivity index is 1.38. The summed E-state index contributed by atoms with van der Waals surface area (Å²) >= 11 is 0. The van der Waals surface area contributed by atoms with E-state index >= 15 is 0 Å². The zero-order valence-corrected chi connectivity index (χ0v) is 14.7. The van der Waals surface area contributed by atoms with Gasteiger partial charge in [0.15, 0.2) is 11.5 Å². The highest BCUT2D eigenvalue weighted by Crippen LogP contribution is 2.28. The highest BCUT2D eigenvalue weighted by molar-refractivity contribution is 5.93. The fraction of sp³-hybridized carbons (Fsp3) is 0.238. The molecule has 0 atom stereocenters. The molecule has 3 heterocycles. The topological polar surface area (TPSA) is 45.4 Å². The maximum absolute atomic E-state index is 5.58. The minimum Gasteiger partial charge on any atom is -0.441 e. The van der Waals surface area contributed by atoms with Crippen molar-refractivity contribution in [1.82, 2.24) is 9.97 Å². The molecule has 0 bridgehead atoms. The molecule has 2 aromatic carbocycles. The van der Waals surface area contributed by atoms with Gasteiger partial charge in [-0.3, -0.25) is 4.98 Å². The monoisotopic (exact) mass is 344 g/mol. The van der Waals surface area contributed by atoms with E-state index in [1.54, 1.807) is 0 Å². The lowest BCUT2D eigenvalue weighted by molar-refractivity contribution is 0.561. The Labute approximate surface area is 151 Å². The third-order valence-corrected chi connectivity index (χ3v) is 5.11. The largest absolute Gasteiger partial charge is 0.441 e. The number of pyridine rings is 1. The molecule has 5 nitrogen and oxygen atoms in total. The van der Waals surface area contributed by atoms with Crippen LogP contribution in [0.5, 0.6) is 0 Å². The van der Waals surface area contributed by atoms with Gasteiger partial charge < -0.3 is 14.2 Å². The van der Waals surface area contributed by atoms with E-state index in [-0.39, 0.29) is 0 Å². The van der Waals surface area contributed by atoms with Gasteiger partial charge in [-0.05, 0) is 18.2 Å². The first-order valence-electron chi connectivity index (χ1n) is 8.98. The van der Waals surface area contributed by atoms with Gasteiger partial charge in [0.05, 0.1) is 11.9 Å². The van der Waals surface area contributed by atoms with Gasteiger partial charge in [-0.1, -0.05) is 24.3 Å². The Morgan fingerprint density at radius 3 is 2.62 bits per heavy atom. The number of rotatable bonds is 2. The zero-order chi connectivity index (χ0) is 17.5. The minimum atomic E-state index is 0.713. The van der Waals surface area contributed by atoms with Crippen molar-refractivity contribution in [2.75, 3.05) is 36.0 Å². The molecule has 0 radical (unpaired) electrons. The van der Waals surface area contributed by atoms with E-state index < -0.39 is 0 Å². The number of nitrogens with zero attached hydrogens (tertiary/aromatic N) is 4. The van der Waals surface area contributed by atoms with Crippen LogP contribution in [0.25, 0.3) is 21.9 Å². The second-order valence-electron chi connectivity index (χ2n) is 6.74. The average molecular weight is 344 g/mol. The number of benzene rings is 2. The fourth-order valence-electron chi connectivity index (χ4n) is 3.79. The van der Waals surface area contributed by atoms with Gasteiger partial charge in [0.1, 0.15) is 5.52 Å². The molecule has 5 rings (SSSR count). The Morgan fingerprint density at radius 1 is 0.923 bits per heavy atom. The fourth-order valence-corrected chi connectivity index (χ4v) is 3.79. The number of aromatic nitrogens is 2. The van der Waals surface area contributed by atoms with Gasteiger partial charge in [0.2, 0.25) is 0 Å². The van der Waals surface area contributed by atoms with Crippen molar-refractivity contribution < 1.29 is 4.42 Å². The molecule has 0 saturated carbocycles. The van der Waals surface area contributed by atoms with Gasteiger partial charge in [-0.25, -0.2) is 4.98 Å². The van der Waals surface area contributed by atoms with Gasteiger partial charge in [-0.2, -0.15) is 0 Å². The molecule has 5 heteroatoms. The summed E-state index contributed by atoms with van der Waals surface area (Å²) in [7, 11) is 0. The Hall–Kier alpha value is -3.08. The van der Waals surface area contributed by atoms with Crippen LogP contribution in [-0.4, -0.2) is 36.1 Å². The molecule has 1 saturated heterocycles. The Kier molecular flexibility index (Phi) is 3.52. The van der Waals surface area contributed by atoms with Crippen molar-refractivity contribution in [1.29, 1.82) is 0 Å². The highest BCUT2D eigenvalue weighted by Gasteiger charge is 2.20. The van der Waals surface area contributed by atoms with Crippen LogP contribution < -0.4 is 9.80 Å². The molecule has 130 valence electrons. The summed E-state index contributed by atoms with van der Waals surface area (Å²) in [5, 5.41) is 2.47. The lowest BCUT2D eigenvalue weighted by Gasteiger charge is -2.37. The lowest BCUT2D eigenvalue weighted by atomic mass is 10.1. The molecule has 0 N–H and O–H groups in total. The highest BCUT2D eigenvalue weighted by atomic mass is 16.3. The van der Waals surface area contributed by atoms with Crippen LogP contribution in [0.4, 0.5) is 11.4 Å². The number of hydrogen-bond acceptors (Lipinski definition) is 5. The van der Waals surface area contributed by atoms with Gasteiger partial charge >= 0.3 is 0 Å². The quantitative estimate of drug-likeness (QED) is 0.550.